The molecule has 0 aliphatic heterocycles. The summed E-state index contributed by atoms with van der Waals surface area (Å²) in [5.41, 5.74) is 0.851. The zero-order valence-electron chi connectivity index (χ0n) is 10.9. The van der Waals surface area contributed by atoms with E-state index in [1.165, 1.54) is 0 Å². The molecule has 0 unspecified atom stereocenters. The average Bonchev–Trinajstić information content (AvgIpc) is 2.46. The highest BCUT2D eigenvalue weighted by Crippen LogP contribution is 2.08. The van der Waals surface area contributed by atoms with Crippen molar-refractivity contribution in [2.75, 3.05) is 20.3 Å². The van der Waals surface area contributed by atoms with Gasteiger partial charge in [-0.25, -0.2) is 4.98 Å². The van der Waals surface area contributed by atoms with E-state index in [2.05, 4.69) is 15.3 Å². The molecule has 0 amide bonds. The molecular formula is C14H17N3O2. The average molecular weight is 259 g/mol. The monoisotopic (exact) mass is 259 g/mol. The van der Waals surface area contributed by atoms with Gasteiger partial charge in [-0.1, -0.05) is 18.2 Å². The molecule has 0 saturated carbocycles. The molecule has 0 bridgehead atoms. The maximum atomic E-state index is 5.52. The number of ether oxygens (including phenoxy) is 2. The number of nitrogens with one attached hydrogen (secondary N) is 1. The lowest BCUT2D eigenvalue weighted by atomic mass is 10.3. The Morgan fingerprint density at radius 1 is 1.05 bits per heavy atom. The quantitative estimate of drug-likeness (QED) is 0.766. The van der Waals surface area contributed by atoms with Gasteiger partial charge < -0.3 is 14.8 Å². The van der Waals surface area contributed by atoms with E-state index < -0.39 is 0 Å². The van der Waals surface area contributed by atoms with Crippen LogP contribution in [0.5, 0.6) is 11.6 Å². The number of benzene rings is 1. The summed E-state index contributed by atoms with van der Waals surface area (Å²) in [6.07, 6.45) is 3.31. The highest BCUT2D eigenvalue weighted by Gasteiger charge is 1.99. The van der Waals surface area contributed by atoms with Gasteiger partial charge in [0.2, 0.25) is 5.88 Å². The van der Waals surface area contributed by atoms with E-state index in [4.69, 9.17) is 9.47 Å². The second-order valence-electron chi connectivity index (χ2n) is 3.89. The topological polar surface area (TPSA) is 56.3 Å². The molecule has 0 saturated heterocycles. The van der Waals surface area contributed by atoms with Crippen LogP contribution in [-0.2, 0) is 6.54 Å². The van der Waals surface area contributed by atoms with Crippen molar-refractivity contribution in [2.45, 2.75) is 6.54 Å². The fourth-order valence-corrected chi connectivity index (χ4v) is 1.54. The van der Waals surface area contributed by atoms with Crippen LogP contribution in [0.15, 0.2) is 42.7 Å². The summed E-state index contributed by atoms with van der Waals surface area (Å²) in [5, 5.41) is 3.02. The zero-order chi connectivity index (χ0) is 13.3. The molecule has 0 spiro atoms. The summed E-state index contributed by atoms with van der Waals surface area (Å²) in [7, 11) is 1.86. The van der Waals surface area contributed by atoms with Crippen molar-refractivity contribution in [3.05, 3.63) is 48.4 Å². The van der Waals surface area contributed by atoms with Crippen molar-refractivity contribution in [3.63, 3.8) is 0 Å². The number of rotatable bonds is 7. The van der Waals surface area contributed by atoms with Crippen LogP contribution in [0.3, 0.4) is 0 Å². The van der Waals surface area contributed by atoms with E-state index in [0.717, 1.165) is 11.4 Å². The second-order valence-corrected chi connectivity index (χ2v) is 3.89. The van der Waals surface area contributed by atoms with Gasteiger partial charge in [-0.3, -0.25) is 4.98 Å². The first-order valence-electron chi connectivity index (χ1n) is 6.14. The summed E-state index contributed by atoms with van der Waals surface area (Å²) in [5.74, 6) is 1.35. The van der Waals surface area contributed by atoms with Crippen LogP contribution >= 0.6 is 0 Å². The molecule has 0 radical (unpaired) electrons. The molecule has 5 heteroatoms. The minimum atomic E-state index is 0.437. The van der Waals surface area contributed by atoms with E-state index >= 15 is 0 Å². The molecule has 2 aromatic rings. The summed E-state index contributed by atoms with van der Waals surface area (Å²) >= 11 is 0. The number of hydrogen-bond donors (Lipinski definition) is 1. The van der Waals surface area contributed by atoms with Gasteiger partial charge in [0, 0.05) is 12.7 Å². The lowest BCUT2D eigenvalue weighted by Crippen LogP contribution is -2.12. The Balaban J connectivity index is 1.75. The summed E-state index contributed by atoms with van der Waals surface area (Å²) in [6.45, 7) is 1.58. The Hall–Kier alpha value is -2.14. The summed E-state index contributed by atoms with van der Waals surface area (Å²) in [6, 6.07) is 9.64. The van der Waals surface area contributed by atoms with Crippen LogP contribution in [0.1, 0.15) is 5.69 Å². The fraction of sp³-hybridized carbons (Fsp3) is 0.286. The number of hydrogen-bond acceptors (Lipinski definition) is 5. The number of aromatic nitrogens is 2. The maximum Gasteiger partial charge on any atom is 0.232 e. The van der Waals surface area contributed by atoms with Crippen molar-refractivity contribution < 1.29 is 9.47 Å². The summed E-state index contributed by atoms with van der Waals surface area (Å²) < 4.78 is 11.0. The lowest BCUT2D eigenvalue weighted by molar-refractivity contribution is 0.211. The third-order valence-electron chi connectivity index (χ3n) is 2.37. The molecule has 19 heavy (non-hydrogen) atoms. The Morgan fingerprint density at radius 2 is 1.84 bits per heavy atom. The number of nitrogens with zero attached hydrogens (tertiary/aromatic N) is 2. The standard InChI is InChI=1S/C14H17N3O2/c1-15-9-12-10-16-11-14(17-12)19-8-7-18-13-5-3-2-4-6-13/h2-6,10-11,15H,7-9H2,1H3. The van der Waals surface area contributed by atoms with Gasteiger partial charge in [0.25, 0.3) is 0 Å². The summed E-state index contributed by atoms with van der Waals surface area (Å²) in [4.78, 5) is 8.38. The first kappa shape index (κ1) is 13.3. The normalized spacial score (nSPS) is 10.2. The SMILES string of the molecule is CNCc1cncc(OCCOc2ccccc2)n1. The molecule has 1 N–H and O–H groups in total. The highest BCUT2D eigenvalue weighted by molar-refractivity contribution is 5.20. The van der Waals surface area contributed by atoms with Crippen molar-refractivity contribution in [1.82, 2.24) is 15.3 Å². The number of para-hydroxylation sites is 1. The lowest BCUT2D eigenvalue weighted by Gasteiger charge is -2.08. The van der Waals surface area contributed by atoms with Crippen LogP contribution in [0.25, 0.3) is 0 Å². The third-order valence-corrected chi connectivity index (χ3v) is 2.37. The highest BCUT2D eigenvalue weighted by atomic mass is 16.5. The minimum absolute atomic E-state index is 0.437. The molecule has 0 aliphatic carbocycles. The molecule has 0 aliphatic rings. The first-order chi connectivity index (χ1) is 9.38. The van der Waals surface area contributed by atoms with Gasteiger partial charge >= 0.3 is 0 Å². The Morgan fingerprint density at radius 3 is 2.63 bits per heavy atom. The molecule has 5 nitrogen and oxygen atoms in total. The maximum absolute atomic E-state index is 5.52. The molecule has 0 atom stereocenters. The molecule has 100 valence electrons. The van der Waals surface area contributed by atoms with Crippen molar-refractivity contribution in [3.8, 4) is 11.6 Å². The predicted molar refractivity (Wildman–Crippen MR) is 72.2 cm³/mol. The van der Waals surface area contributed by atoms with Crippen molar-refractivity contribution >= 4 is 0 Å². The van der Waals surface area contributed by atoms with E-state index in [9.17, 15) is 0 Å². The largest absolute Gasteiger partial charge is 0.490 e. The molecule has 1 heterocycles. The Bertz CT molecular complexity index is 491. The van der Waals surface area contributed by atoms with E-state index in [1.807, 2.05) is 37.4 Å². The fourth-order valence-electron chi connectivity index (χ4n) is 1.54. The molecular weight excluding hydrogens is 242 g/mol. The second kappa shape index (κ2) is 7.33. The van der Waals surface area contributed by atoms with Gasteiger partial charge in [0.1, 0.15) is 19.0 Å². The Labute approximate surface area is 112 Å². The smallest absolute Gasteiger partial charge is 0.232 e. The molecule has 1 aromatic heterocycles. The van der Waals surface area contributed by atoms with Crippen LogP contribution in [0.4, 0.5) is 0 Å². The van der Waals surface area contributed by atoms with Gasteiger partial charge in [-0.05, 0) is 19.2 Å². The molecule has 2 rings (SSSR count). The van der Waals surface area contributed by atoms with Gasteiger partial charge in [-0.15, -0.1) is 0 Å². The van der Waals surface area contributed by atoms with Crippen molar-refractivity contribution in [1.29, 1.82) is 0 Å². The van der Waals surface area contributed by atoms with Gasteiger partial charge in [0.05, 0.1) is 11.9 Å². The van der Waals surface area contributed by atoms with Crippen LogP contribution in [0.2, 0.25) is 0 Å². The molecule has 1 aromatic carbocycles. The Kier molecular flexibility index (Phi) is 5.13. The van der Waals surface area contributed by atoms with Crippen LogP contribution in [0, 0.1) is 0 Å². The van der Waals surface area contributed by atoms with E-state index in [0.29, 0.717) is 25.6 Å². The third kappa shape index (κ3) is 4.56. The molecule has 0 fully saturated rings. The minimum Gasteiger partial charge on any atom is -0.490 e. The van der Waals surface area contributed by atoms with E-state index in [1.54, 1.807) is 12.4 Å². The van der Waals surface area contributed by atoms with Crippen LogP contribution in [-0.4, -0.2) is 30.2 Å². The first-order valence-corrected chi connectivity index (χ1v) is 6.14. The van der Waals surface area contributed by atoms with Crippen LogP contribution < -0.4 is 14.8 Å². The van der Waals surface area contributed by atoms with Crippen molar-refractivity contribution in [2.24, 2.45) is 0 Å². The van der Waals surface area contributed by atoms with E-state index in [-0.39, 0.29) is 0 Å². The van der Waals surface area contributed by atoms with Gasteiger partial charge in [-0.2, -0.15) is 0 Å². The zero-order valence-corrected chi connectivity index (χ0v) is 10.9. The van der Waals surface area contributed by atoms with Gasteiger partial charge in [0.15, 0.2) is 0 Å². The predicted octanol–water partition coefficient (Wildman–Crippen LogP) is 1.65.